The smallest absolute Gasteiger partial charge is 0.358 e. The van der Waals surface area contributed by atoms with E-state index in [1.54, 1.807) is 48.7 Å². The zero-order valence-corrected chi connectivity index (χ0v) is 24.7. The molecule has 1 N–H and O–H groups in total. The van der Waals surface area contributed by atoms with Crippen molar-refractivity contribution in [3.63, 3.8) is 0 Å². The highest BCUT2D eigenvalue weighted by Crippen LogP contribution is 2.62. The fraction of sp³-hybridized carbons (Fsp3) is 0.379. The Morgan fingerprint density at radius 1 is 1.12 bits per heavy atom. The quantitative estimate of drug-likeness (QED) is 0.125. The van der Waals surface area contributed by atoms with Crippen LogP contribution in [0.15, 0.2) is 57.7 Å². The van der Waals surface area contributed by atoms with Crippen molar-refractivity contribution in [3.05, 3.63) is 92.6 Å². The van der Waals surface area contributed by atoms with Crippen molar-refractivity contribution in [1.82, 2.24) is 9.55 Å². The lowest BCUT2D eigenvalue weighted by Crippen LogP contribution is -2.21. The minimum absolute atomic E-state index is 0.114. The molecule has 2 aromatic carbocycles. The lowest BCUT2D eigenvalue weighted by atomic mass is 10.1. The van der Waals surface area contributed by atoms with Crippen molar-refractivity contribution in [2.45, 2.75) is 59.3 Å². The number of benzene rings is 2. The standard InChI is InChI=1S/C29H34ClFN3O5P/c1-5-8-13-25-33-28(30)27(34(25)18-20-11-9-10-12-23(20)31)29(40(36,37-6-2)38-7-3)32-21-14-15-22-19(4)16-26(35)39-24(22)17-21/h9-12,14-17,29,32H,5-8,13,18H2,1-4H3. The summed E-state index contributed by atoms with van der Waals surface area (Å²) in [6.07, 6.45) is 2.34. The van der Waals surface area contributed by atoms with Gasteiger partial charge >= 0.3 is 13.2 Å². The zero-order chi connectivity index (χ0) is 28.9. The largest absolute Gasteiger partial charge is 0.423 e. The number of halogens is 2. The summed E-state index contributed by atoms with van der Waals surface area (Å²) in [5, 5.41) is 4.15. The molecule has 0 saturated heterocycles. The summed E-state index contributed by atoms with van der Waals surface area (Å²) >= 11 is 6.78. The van der Waals surface area contributed by atoms with Crippen LogP contribution in [0.25, 0.3) is 11.0 Å². The SMILES string of the molecule is CCCCc1nc(Cl)c(C(Nc2ccc3c(C)cc(=O)oc3c2)P(=O)(OCC)OCC)n1Cc1ccccc1F. The van der Waals surface area contributed by atoms with Gasteiger partial charge in [0.25, 0.3) is 0 Å². The first-order chi connectivity index (χ1) is 19.2. The zero-order valence-electron chi connectivity index (χ0n) is 23.1. The molecular formula is C29H34ClFN3O5P. The molecule has 1 unspecified atom stereocenters. The van der Waals surface area contributed by atoms with E-state index < -0.39 is 19.0 Å². The van der Waals surface area contributed by atoms with Gasteiger partial charge in [-0.1, -0.05) is 43.1 Å². The lowest BCUT2D eigenvalue weighted by molar-refractivity contribution is 0.213. The molecule has 0 fully saturated rings. The first-order valence-electron chi connectivity index (χ1n) is 13.4. The third-order valence-electron chi connectivity index (χ3n) is 6.53. The van der Waals surface area contributed by atoms with Crippen molar-refractivity contribution < 1.29 is 22.4 Å². The monoisotopic (exact) mass is 589 g/mol. The Bertz CT molecular complexity index is 1580. The molecule has 214 valence electrons. The van der Waals surface area contributed by atoms with Crippen LogP contribution in [0.3, 0.4) is 0 Å². The van der Waals surface area contributed by atoms with E-state index in [9.17, 15) is 13.8 Å². The molecule has 4 rings (SSSR count). The van der Waals surface area contributed by atoms with Crippen molar-refractivity contribution in [3.8, 4) is 0 Å². The highest BCUT2D eigenvalue weighted by Gasteiger charge is 2.41. The van der Waals surface area contributed by atoms with Crippen molar-refractivity contribution >= 4 is 35.9 Å². The van der Waals surface area contributed by atoms with Crippen LogP contribution in [0.2, 0.25) is 5.15 Å². The summed E-state index contributed by atoms with van der Waals surface area (Å²) in [5.74, 6) is -0.845. The van der Waals surface area contributed by atoms with Gasteiger partial charge in [-0.3, -0.25) is 4.57 Å². The van der Waals surface area contributed by atoms with E-state index in [2.05, 4.69) is 17.2 Å². The predicted molar refractivity (Wildman–Crippen MR) is 156 cm³/mol. The molecule has 2 aromatic heterocycles. The van der Waals surface area contributed by atoms with Gasteiger partial charge in [-0.05, 0) is 51.0 Å². The summed E-state index contributed by atoms with van der Waals surface area (Å²) in [6, 6.07) is 13.1. The van der Waals surface area contributed by atoms with E-state index in [0.29, 0.717) is 34.8 Å². The Kier molecular flexibility index (Phi) is 9.85. The molecule has 1 atom stereocenters. The normalized spacial score (nSPS) is 12.7. The second-order valence-electron chi connectivity index (χ2n) is 9.37. The minimum Gasteiger partial charge on any atom is -0.423 e. The van der Waals surface area contributed by atoms with Crippen molar-refractivity contribution in [2.24, 2.45) is 0 Å². The van der Waals surface area contributed by atoms with Crippen LogP contribution in [0.5, 0.6) is 0 Å². The number of rotatable bonds is 13. The van der Waals surface area contributed by atoms with Crippen LogP contribution in [0.1, 0.15) is 62.0 Å². The van der Waals surface area contributed by atoms with Crippen LogP contribution in [0.4, 0.5) is 10.1 Å². The summed E-state index contributed by atoms with van der Waals surface area (Å²) in [6.45, 7) is 7.68. The molecule has 0 bridgehead atoms. The fourth-order valence-corrected chi connectivity index (χ4v) is 7.00. The summed E-state index contributed by atoms with van der Waals surface area (Å²) in [5.41, 5.74) is 1.95. The first-order valence-corrected chi connectivity index (χ1v) is 15.4. The minimum atomic E-state index is -3.92. The van der Waals surface area contributed by atoms with Crippen LogP contribution in [-0.4, -0.2) is 22.8 Å². The third-order valence-corrected chi connectivity index (χ3v) is 9.05. The molecule has 11 heteroatoms. The number of unbranched alkanes of at least 4 members (excludes halogenated alkanes) is 1. The molecule has 4 aromatic rings. The Hall–Kier alpha value is -2.97. The van der Waals surface area contributed by atoms with Gasteiger partial charge in [0.2, 0.25) is 0 Å². The van der Waals surface area contributed by atoms with Crippen LogP contribution in [-0.2, 0) is 26.6 Å². The summed E-state index contributed by atoms with van der Waals surface area (Å²) in [4.78, 5) is 16.7. The van der Waals surface area contributed by atoms with Gasteiger partial charge in [-0.25, -0.2) is 14.2 Å². The summed E-state index contributed by atoms with van der Waals surface area (Å²) < 4.78 is 48.0. The number of nitrogens with one attached hydrogen (secondary N) is 1. The Balaban J connectivity index is 1.90. The molecule has 0 aliphatic carbocycles. The number of anilines is 1. The number of hydrogen-bond donors (Lipinski definition) is 1. The maximum atomic E-state index is 14.8. The fourth-order valence-electron chi connectivity index (χ4n) is 4.66. The van der Waals surface area contributed by atoms with Gasteiger partial charge in [0, 0.05) is 35.2 Å². The van der Waals surface area contributed by atoms with E-state index in [0.717, 1.165) is 23.8 Å². The van der Waals surface area contributed by atoms with E-state index >= 15 is 0 Å². The van der Waals surface area contributed by atoms with E-state index in [4.69, 9.17) is 25.1 Å². The second kappa shape index (κ2) is 13.1. The Labute approximate surface area is 238 Å². The summed E-state index contributed by atoms with van der Waals surface area (Å²) in [7, 11) is -3.92. The molecule has 40 heavy (non-hydrogen) atoms. The number of nitrogens with zero attached hydrogens (tertiary/aromatic N) is 2. The molecule has 0 saturated carbocycles. The van der Waals surface area contributed by atoms with Crippen LogP contribution >= 0.6 is 19.2 Å². The average molecular weight is 590 g/mol. The molecule has 0 amide bonds. The van der Waals surface area contributed by atoms with E-state index in [-0.39, 0.29) is 30.7 Å². The predicted octanol–water partition coefficient (Wildman–Crippen LogP) is 7.86. The van der Waals surface area contributed by atoms with Gasteiger partial charge in [0.15, 0.2) is 10.9 Å². The van der Waals surface area contributed by atoms with E-state index in [1.165, 1.54) is 12.1 Å². The number of imidazole rings is 1. The molecule has 8 nitrogen and oxygen atoms in total. The molecule has 0 aliphatic heterocycles. The highest BCUT2D eigenvalue weighted by molar-refractivity contribution is 7.54. The van der Waals surface area contributed by atoms with Gasteiger partial charge in [-0.15, -0.1) is 0 Å². The number of aryl methyl sites for hydroxylation is 2. The molecular weight excluding hydrogens is 556 g/mol. The third kappa shape index (κ3) is 6.50. The van der Waals surface area contributed by atoms with Gasteiger partial charge in [0.1, 0.15) is 17.2 Å². The average Bonchev–Trinajstić information content (AvgIpc) is 3.21. The first kappa shape index (κ1) is 30.0. The van der Waals surface area contributed by atoms with E-state index in [1.807, 2.05) is 13.0 Å². The van der Waals surface area contributed by atoms with Gasteiger partial charge in [0.05, 0.1) is 25.5 Å². The maximum absolute atomic E-state index is 14.8. The second-order valence-corrected chi connectivity index (χ2v) is 11.8. The molecule has 0 radical (unpaired) electrons. The molecule has 0 aliphatic rings. The molecule has 2 heterocycles. The molecule has 0 spiro atoms. The lowest BCUT2D eigenvalue weighted by Gasteiger charge is -2.29. The number of fused-ring (bicyclic) bond motifs is 1. The number of aromatic nitrogens is 2. The van der Waals surface area contributed by atoms with Crippen molar-refractivity contribution in [1.29, 1.82) is 0 Å². The Morgan fingerprint density at radius 2 is 1.85 bits per heavy atom. The highest BCUT2D eigenvalue weighted by atomic mass is 35.5. The van der Waals surface area contributed by atoms with Crippen LogP contribution < -0.4 is 10.9 Å². The van der Waals surface area contributed by atoms with Crippen LogP contribution in [0, 0.1) is 12.7 Å². The maximum Gasteiger partial charge on any atom is 0.358 e. The van der Waals surface area contributed by atoms with Crippen molar-refractivity contribution in [2.75, 3.05) is 18.5 Å². The van der Waals surface area contributed by atoms with Gasteiger partial charge in [-0.2, -0.15) is 0 Å². The topological polar surface area (TPSA) is 95.6 Å². The van der Waals surface area contributed by atoms with Gasteiger partial charge < -0.3 is 23.3 Å². The number of hydrogen-bond acceptors (Lipinski definition) is 7. The Morgan fingerprint density at radius 3 is 2.52 bits per heavy atom.